The second-order valence-corrected chi connectivity index (χ2v) is 7.18. The van der Waals surface area contributed by atoms with E-state index in [0.29, 0.717) is 12.1 Å². The number of nitrogens with zero attached hydrogens (tertiary/aromatic N) is 2. The van der Waals surface area contributed by atoms with Gasteiger partial charge in [-0.2, -0.15) is 5.10 Å². The zero-order chi connectivity index (χ0) is 23.3. The molecule has 0 atom stereocenters. The van der Waals surface area contributed by atoms with Crippen LogP contribution in [0.15, 0.2) is 48.7 Å². The van der Waals surface area contributed by atoms with E-state index < -0.39 is 23.5 Å². The van der Waals surface area contributed by atoms with Crippen LogP contribution in [0.25, 0.3) is 0 Å². The van der Waals surface area contributed by atoms with Crippen LogP contribution in [0.2, 0.25) is 0 Å². The van der Waals surface area contributed by atoms with Gasteiger partial charge in [-0.25, -0.2) is 13.6 Å². The van der Waals surface area contributed by atoms with E-state index in [1.54, 1.807) is 44.3 Å². The SMILES string of the molecule is CCn1cc(NC(=O)c2ccccc2COc2ccc(F)cc2F)c(C(=O)OC(C)C)n1. The molecule has 0 bridgehead atoms. The second kappa shape index (κ2) is 10.0. The molecular weight excluding hydrogens is 420 g/mol. The Hall–Kier alpha value is -3.75. The summed E-state index contributed by atoms with van der Waals surface area (Å²) in [6.07, 6.45) is 1.20. The minimum absolute atomic E-state index is 0.00369. The molecule has 1 N–H and O–H groups in total. The molecular formula is C23H23F2N3O4. The molecule has 0 aliphatic carbocycles. The third-order valence-electron chi connectivity index (χ3n) is 4.41. The first-order valence-corrected chi connectivity index (χ1v) is 10.0. The predicted octanol–water partition coefficient (Wildman–Crippen LogP) is 4.58. The van der Waals surface area contributed by atoms with Gasteiger partial charge < -0.3 is 14.8 Å². The zero-order valence-corrected chi connectivity index (χ0v) is 17.9. The van der Waals surface area contributed by atoms with Crippen molar-refractivity contribution in [2.45, 2.75) is 40.0 Å². The monoisotopic (exact) mass is 443 g/mol. The standard InChI is InChI=1S/C23H23F2N3O4/c1-4-28-12-19(21(27-28)23(30)32-14(2)3)26-22(29)17-8-6-5-7-15(17)13-31-20-10-9-16(24)11-18(20)25/h5-12,14H,4,13H2,1-3H3,(H,26,29). The van der Waals surface area contributed by atoms with Crippen molar-refractivity contribution in [3.63, 3.8) is 0 Å². The lowest BCUT2D eigenvalue weighted by atomic mass is 10.1. The van der Waals surface area contributed by atoms with Crippen LogP contribution in [0.4, 0.5) is 14.5 Å². The quantitative estimate of drug-likeness (QED) is 0.516. The minimum atomic E-state index is -0.841. The smallest absolute Gasteiger partial charge is 0.361 e. The molecule has 1 heterocycles. The molecule has 0 radical (unpaired) electrons. The Bertz CT molecular complexity index is 1130. The van der Waals surface area contributed by atoms with Crippen LogP contribution in [-0.2, 0) is 17.9 Å². The van der Waals surface area contributed by atoms with E-state index in [1.165, 1.54) is 10.7 Å². The Morgan fingerprint density at radius 3 is 2.59 bits per heavy atom. The summed E-state index contributed by atoms with van der Waals surface area (Å²) < 4.78 is 39.1. The Morgan fingerprint density at radius 2 is 1.91 bits per heavy atom. The maximum absolute atomic E-state index is 13.8. The van der Waals surface area contributed by atoms with Gasteiger partial charge in [0, 0.05) is 29.9 Å². The number of esters is 1. The number of rotatable bonds is 8. The summed E-state index contributed by atoms with van der Waals surface area (Å²) in [7, 11) is 0. The minimum Gasteiger partial charge on any atom is -0.486 e. The van der Waals surface area contributed by atoms with Gasteiger partial charge in [0.2, 0.25) is 0 Å². The first-order chi connectivity index (χ1) is 15.3. The van der Waals surface area contributed by atoms with Crippen LogP contribution in [-0.4, -0.2) is 27.8 Å². The van der Waals surface area contributed by atoms with Gasteiger partial charge in [-0.05, 0) is 39.0 Å². The highest BCUT2D eigenvalue weighted by Crippen LogP contribution is 2.22. The van der Waals surface area contributed by atoms with Crippen molar-refractivity contribution in [2.75, 3.05) is 5.32 Å². The summed E-state index contributed by atoms with van der Waals surface area (Å²) in [5.41, 5.74) is 0.948. The Kier molecular flexibility index (Phi) is 7.19. The Labute approximate surface area is 184 Å². The van der Waals surface area contributed by atoms with Crippen LogP contribution in [0.3, 0.4) is 0 Å². The van der Waals surface area contributed by atoms with Crippen molar-refractivity contribution < 1.29 is 27.8 Å². The molecule has 0 aliphatic heterocycles. The van der Waals surface area contributed by atoms with E-state index in [2.05, 4.69) is 10.4 Å². The average Bonchev–Trinajstić information content (AvgIpc) is 3.16. The van der Waals surface area contributed by atoms with Gasteiger partial charge in [0.25, 0.3) is 5.91 Å². The number of carbonyl (C=O) groups excluding carboxylic acids is 2. The summed E-state index contributed by atoms with van der Waals surface area (Å²) in [5.74, 6) is -2.84. The second-order valence-electron chi connectivity index (χ2n) is 7.18. The Morgan fingerprint density at radius 1 is 1.16 bits per heavy atom. The number of carbonyl (C=O) groups is 2. The maximum atomic E-state index is 13.8. The number of hydrogen-bond donors (Lipinski definition) is 1. The number of nitrogens with one attached hydrogen (secondary N) is 1. The van der Waals surface area contributed by atoms with Crippen molar-refractivity contribution in [3.8, 4) is 5.75 Å². The Balaban J connectivity index is 1.80. The highest BCUT2D eigenvalue weighted by atomic mass is 19.1. The van der Waals surface area contributed by atoms with E-state index in [0.717, 1.165) is 12.1 Å². The summed E-state index contributed by atoms with van der Waals surface area (Å²) in [5, 5.41) is 6.86. The number of aromatic nitrogens is 2. The molecule has 0 fully saturated rings. The van der Waals surface area contributed by atoms with Crippen LogP contribution in [0, 0.1) is 11.6 Å². The third kappa shape index (κ3) is 5.48. The highest BCUT2D eigenvalue weighted by Gasteiger charge is 2.22. The first kappa shape index (κ1) is 22.9. The molecule has 2 aromatic carbocycles. The lowest BCUT2D eigenvalue weighted by molar-refractivity contribution is 0.0371. The van der Waals surface area contributed by atoms with E-state index >= 15 is 0 Å². The summed E-state index contributed by atoms with van der Waals surface area (Å²) >= 11 is 0. The van der Waals surface area contributed by atoms with Gasteiger partial charge >= 0.3 is 5.97 Å². The number of aryl methyl sites for hydroxylation is 1. The zero-order valence-electron chi connectivity index (χ0n) is 17.9. The first-order valence-electron chi connectivity index (χ1n) is 10.0. The number of anilines is 1. The van der Waals surface area contributed by atoms with Crippen LogP contribution in [0.1, 0.15) is 47.2 Å². The van der Waals surface area contributed by atoms with Crippen molar-refractivity contribution in [1.82, 2.24) is 9.78 Å². The van der Waals surface area contributed by atoms with Crippen molar-refractivity contribution >= 4 is 17.6 Å². The molecule has 1 aromatic heterocycles. The van der Waals surface area contributed by atoms with E-state index in [-0.39, 0.29) is 35.4 Å². The number of halogens is 2. The van der Waals surface area contributed by atoms with Crippen LogP contribution < -0.4 is 10.1 Å². The lowest BCUT2D eigenvalue weighted by Gasteiger charge is -2.12. The van der Waals surface area contributed by atoms with Gasteiger partial charge in [-0.15, -0.1) is 0 Å². The molecule has 3 rings (SSSR count). The summed E-state index contributed by atoms with van der Waals surface area (Å²) in [6.45, 7) is 5.64. The third-order valence-corrected chi connectivity index (χ3v) is 4.41. The molecule has 168 valence electrons. The molecule has 9 heteroatoms. The molecule has 1 amide bonds. The van der Waals surface area contributed by atoms with E-state index in [4.69, 9.17) is 9.47 Å². The van der Waals surface area contributed by atoms with Crippen molar-refractivity contribution in [1.29, 1.82) is 0 Å². The fraction of sp³-hybridized carbons (Fsp3) is 0.261. The molecule has 0 saturated carbocycles. The average molecular weight is 443 g/mol. The molecule has 0 unspecified atom stereocenters. The van der Waals surface area contributed by atoms with Gasteiger partial charge in [0.05, 0.1) is 11.8 Å². The molecule has 0 aliphatic rings. The van der Waals surface area contributed by atoms with Crippen molar-refractivity contribution in [3.05, 3.63) is 77.1 Å². The fourth-order valence-electron chi connectivity index (χ4n) is 2.90. The molecule has 0 saturated heterocycles. The van der Waals surface area contributed by atoms with Gasteiger partial charge in [0.15, 0.2) is 17.3 Å². The fourth-order valence-corrected chi connectivity index (χ4v) is 2.90. The van der Waals surface area contributed by atoms with Gasteiger partial charge in [-0.3, -0.25) is 9.48 Å². The van der Waals surface area contributed by atoms with E-state index in [1.807, 2.05) is 6.92 Å². The highest BCUT2D eigenvalue weighted by molar-refractivity contribution is 6.08. The normalized spacial score (nSPS) is 10.8. The van der Waals surface area contributed by atoms with Crippen molar-refractivity contribution in [2.24, 2.45) is 0 Å². The number of benzene rings is 2. The van der Waals surface area contributed by atoms with Gasteiger partial charge in [0.1, 0.15) is 12.4 Å². The number of hydrogen-bond acceptors (Lipinski definition) is 5. The molecule has 3 aromatic rings. The maximum Gasteiger partial charge on any atom is 0.361 e. The predicted molar refractivity (Wildman–Crippen MR) is 114 cm³/mol. The molecule has 0 spiro atoms. The van der Waals surface area contributed by atoms with Crippen LogP contribution in [0.5, 0.6) is 5.75 Å². The number of ether oxygens (including phenoxy) is 2. The van der Waals surface area contributed by atoms with E-state index in [9.17, 15) is 18.4 Å². The lowest BCUT2D eigenvalue weighted by Crippen LogP contribution is -2.18. The topological polar surface area (TPSA) is 82.5 Å². The van der Waals surface area contributed by atoms with Crippen LogP contribution >= 0.6 is 0 Å². The molecule has 7 nitrogen and oxygen atoms in total. The van der Waals surface area contributed by atoms with Gasteiger partial charge in [-0.1, -0.05) is 18.2 Å². The summed E-state index contributed by atoms with van der Waals surface area (Å²) in [6, 6.07) is 9.58. The largest absolute Gasteiger partial charge is 0.486 e. The molecule has 32 heavy (non-hydrogen) atoms. The number of amides is 1. The summed E-state index contributed by atoms with van der Waals surface area (Å²) in [4.78, 5) is 25.3.